The summed E-state index contributed by atoms with van der Waals surface area (Å²) in [4.78, 5) is 8.12. The molecular weight excluding hydrogens is 258 g/mol. The van der Waals surface area contributed by atoms with Gasteiger partial charge in [0.25, 0.3) is 0 Å². The first kappa shape index (κ1) is 15.0. The van der Waals surface area contributed by atoms with Crippen LogP contribution in [0.3, 0.4) is 0 Å². The normalized spacial score (nSPS) is 21.4. The highest BCUT2D eigenvalue weighted by atomic mass is 16.6. The third-order valence-electron chi connectivity index (χ3n) is 2.90. The average molecular weight is 281 g/mol. The molecule has 2 heterocycles. The van der Waals surface area contributed by atoms with Crippen molar-refractivity contribution >= 4 is 0 Å². The molecule has 1 aromatic rings. The maximum Gasteiger partial charge on any atom is 0.220 e. The van der Waals surface area contributed by atoms with Crippen molar-refractivity contribution in [1.82, 2.24) is 15.3 Å². The molecule has 1 aliphatic heterocycles. The summed E-state index contributed by atoms with van der Waals surface area (Å²) in [6.45, 7) is 8.91. The molecule has 112 valence electrons. The first-order chi connectivity index (χ1) is 9.59. The maximum absolute atomic E-state index is 5.93. The van der Waals surface area contributed by atoms with Gasteiger partial charge in [-0.05, 0) is 20.3 Å². The van der Waals surface area contributed by atoms with Crippen LogP contribution >= 0.6 is 0 Å². The van der Waals surface area contributed by atoms with E-state index in [1.165, 1.54) is 6.33 Å². The Morgan fingerprint density at radius 1 is 1.35 bits per heavy atom. The van der Waals surface area contributed by atoms with E-state index in [0.29, 0.717) is 25.0 Å². The van der Waals surface area contributed by atoms with Gasteiger partial charge in [0.15, 0.2) is 0 Å². The number of nitrogens with zero attached hydrogens (tertiary/aromatic N) is 2. The Kier molecular flexibility index (Phi) is 5.14. The molecule has 0 bridgehead atoms. The van der Waals surface area contributed by atoms with E-state index in [-0.39, 0.29) is 11.7 Å². The van der Waals surface area contributed by atoms with Crippen molar-refractivity contribution in [3.63, 3.8) is 0 Å². The van der Waals surface area contributed by atoms with Crippen molar-refractivity contribution in [3.05, 3.63) is 12.4 Å². The zero-order chi connectivity index (χ0) is 14.4. The van der Waals surface area contributed by atoms with Gasteiger partial charge in [-0.3, -0.25) is 0 Å². The lowest BCUT2D eigenvalue weighted by Gasteiger charge is -2.36. The lowest BCUT2D eigenvalue weighted by atomic mass is 10.1. The molecule has 1 N–H and O–H groups in total. The highest BCUT2D eigenvalue weighted by molar-refractivity contribution is 5.18. The highest BCUT2D eigenvalue weighted by Crippen LogP contribution is 2.17. The first-order valence-electron chi connectivity index (χ1n) is 7.05. The Hall–Kier alpha value is -1.40. The molecule has 0 spiro atoms. The van der Waals surface area contributed by atoms with Gasteiger partial charge in [0.05, 0.1) is 18.3 Å². The van der Waals surface area contributed by atoms with Crippen LogP contribution in [0.15, 0.2) is 12.4 Å². The maximum atomic E-state index is 5.93. The molecule has 0 saturated carbocycles. The Morgan fingerprint density at radius 2 is 2.10 bits per heavy atom. The zero-order valence-corrected chi connectivity index (χ0v) is 12.4. The second kappa shape index (κ2) is 6.85. The second-order valence-electron chi connectivity index (χ2n) is 5.48. The minimum absolute atomic E-state index is 0.0220. The highest BCUT2D eigenvalue weighted by Gasteiger charge is 2.28. The largest absolute Gasteiger partial charge is 0.478 e. The summed E-state index contributed by atoms with van der Waals surface area (Å²) in [5.41, 5.74) is -0.159. The fourth-order valence-electron chi connectivity index (χ4n) is 2.03. The van der Waals surface area contributed by atoms with E-state index in [0.717, 1.165) is 19.5 Å². The summed E-state index contributed by atoms with van der Waals surface area (Å²) in [6, 6.07) is 1.71. The fraction of sp³-hybridized carbons (Fsp3) is 0.714. The van der Waals surface area contributed by atoms with Crippen LogP contribution in [-0.4, -0.2) is 48.0 Å². The van der Waals surface area contributed by atoms with Crippen LogP contribution in [0.2, 0.25) is 0 Å². The van der Waals surface area contributed by atoms with E-state index in [1.54, 1.807) is 6.07 Å². The number of nitrogens with one attached hydrogen (secondary N) is 1. The standard InChI is InChI=1S/C14H23N3O3/c1-4-5-18-12-6-13(17-10-16-12)19-8-11-7-15-9-14(2,3)20-11/h6,10-11,15H,4-5,7-9H2,1-3H3. The van der Waals surface area contributed by atoms with Gasteiger partial charge in [0, 0.05) is 13.1 Å². The molecule has 6 heteroatoms. The van der Waals surface area contributed by atoms with Gasteiger partial charge in [-0.1, -0.05) is 6.92 Å². The monoisotopic (exact) mass is 281 g/mol. The van der Waals surface area contributed by atoms with Crippen molar-refractivity contribution in [2.45, 2.75) is 38.9 Å². The third kappa shape index (κ3) is 4.61. The topological polar surface area (TPSA) is 65.5 Å². The summed E-state index contributed by atoms with van der Waals surface area (Å²) in [6.07, 6.45) is 2.41. The van der Waals surface area contributed by atoms with Crippen LogP contribution in [0, 0.1) is 0 Å². The van der Waals surface area contributed by atoms with E-state index in [9.17, 15) is 0 Å². The van der Waals surface area contributed by atoms with E-state index in [1.807, 2.05) is 6.92 Å². The van der Waals surface area contributed by atoms with Gasteiger partial charge in [-0.2, -0.15) is 0 Å². The summed E-state index contributed by atoms with van der Waals surface area (Å²) < 4.78 is 17.0. The van der Waals surface area contributed by atoms with Crippen molar-refractivity contribution in [1.29, 1.82) is 0 Å². The molecule has 1 aromatic heterocycles. The number of ether oxygens (including phenoxy) is 3. The SMILES string of the molecule is CCCOc1cc(OCC2CNCC(C)(C)O2)ncn1. The Labute approximate surface area is 119 Å². The van der Waals surface area contributed by atoms with Crippen molar-refractivity contribution < 1.29 is 14.2 Å². The quantitative estimate of drug-likeness (QED) is 0.850. The smallest absolute Gasteiger partial charge is 0.220 e. The lowest BCUT2D eigenvalue weighted by molar-refractivity contribution is -0.107. The predicted octanol–water partition coefficient (Wildman–Crippen LogP) is 1.41. The predicted molar refractivity (Wildman–Crippen MR) is 75.1 cm³/mol. The average Bonchev–Trinajstić information content (AvgIpc) is 2.42. The Bertz CT molecular complexity index is 426. The molecule has 20 heavy (non-hydrogen) atoms. The Balaban J connectivity index is 1.84. The lowest BCUT2D eigenvalue weighted by Crippen LogP contribution is -2.52. The van der Waals surface area contributed by atoms with E-state index in [2.05, 4.69) is 29.1 Å². The Morgan fingerprint density at radius 3 is 2.80 bits per heavy atom. The molecule has 2 rings (SSSR count). The number of rotatable bonds is 6. The van der Waals surface area contributed by atoms with Crippen LogP contribution < -0.4 is 14.8 Å². The molecule has 1 saturated heterocycles. The van der Waals surface area contributed by atoms with E-state index in [4.69, 9.17) is 14.2 Å². The van der Waals surface area contributed by atoms with Crippen molar-refractivity contribution in [2.24, 2.45) is 0 Å². The van der Waals surface area contributed by atoms with Gasteiger partial charge in [-0.25, -0.2) is 9.97 Å². The molecule has 1 atom stereocenters. The van der Waals surface area contributed by atoms with E-state index < -0.39 is 0 Å². The van der Waals surface area contributed by atoms with Crippen LogP contribution in [0.5, 0.6) is 11.8 Å². The number of hydrogen-bond donors (Lipinski definition) is 1. The number of hydrogen-bond acceptors (Lipinski definition) is 6. The molecule has 0 aromatic carbocycles. The fourth-order valence-corrected chi connectivity index (χ4v) is 2.03. The molecule has 0 aliphatic carbocycles. The summed E-state index contributed by atoms with van der Waals surface area (Å²) in [5.74, 6) is 1.05. The van der Waals surface area contributed by atoms with Crippen LogP contribution in [0.1, 0.15) is 27.2 Å². The molecule has 1 unspecified atom stereocenters. The van der Waals surface area contributed by atoms with Gasteiger partial charge in [0.2, 0.25) is 11.8 Å². The molecule has 0 amide bonds. The second-order valence-corrected chi connectivity index (χ2v) is 5.48. The molecule has 1 fully saturated rings. The zero-order valence-electron chi connectivity index (χ0n) is 12.4. The third-order valence-corrected chi connectivity index (χ3v) is 2.90. The molecular formula is C14H23N3O3. The number of aromatic nitrogens is 2. The van der Waals surface area contributed by atoms with Gasteiger partial charge in [0.1, 0.15) is 19.0 Å². The van der Waals surface area contributed by atoms with Crippen molar-refractivity contribution in [3.8, 4) is 11.8 Å². The molecule has 0 radical (unpaired) electrons. The van der Waals surface area contributed by atoms with Gasteiger partial charge < -0.3 is 19.5 Å². The summed E-state index contributed by atoms with van der Waals surface area (Å²) >= 11 is 0. The first-order valence-corrected chi connectivity index (χ1v) is 7.05. The van der Waals surface area contributed by atoms with E-state index >= 15 is 0 Å². The van der Waals surface area contributed by atoms with Gasteiger partial charge in [-0.15, -0.1) is 0 Å². The van der Waals surface area contributed by atoms with Crippen molar-refractivity contribution in [2.75, 3.05) is 26.3 Å². The van der Waals surface area contributed by atoms with Crippen LogP contribution in [0.25, 0.3) is 0 Å². The minimum atomic E-state index is -0.159. The number of morpholine rings is 1. The van der Waals surface area contributed by atoms with Crippen LogP contribution in [0.4, 0.5) is 0 Å². The molecule has 6 nitrogen and oxygen atoms in total. The molecule has 1 aliphatic rings. The van der Waals surface area contributed by atoms with Gasteiger partial charge >= 0.3 is 0 Å². The van der Waals surface area contributed by atoms with Crippen LogP contribution in [-0.2, 0) is 4.74 Å². The summed E-state index contributed by atoms with van der Waals surface area (Å²) in [5, 5.41) is 3.34. The summed E-state index contributed by atoms with van der Waals surface area (Å²) in [7, 11) is 0. The minimum Gasteiger partial charge on any atom is -0.478 e.